The van der Waals surface area contributed by atoms with Crippen LogP contribution in [0.25, 0.3) is 0 Å². The normalized spacial score (nSPS) is 15.5. The number of halogens is 1. The Labute approximate surface area is 162 Å². The number of rotatable bonds is 4. The van der Waals surface area contributed by atoms with Crippen molar-refractivity contribution in [2.75, 3.05) is 10.6 Å². The maximum Gasteiger partial charge on any atom is 0.235 e. The highest BCUT2D eigenvalue weighted by Crippen LogP contribution is 2.42. The Balaban J connectivity index is 1.85. The van der Waals surface area contributed by atoms with Crippen molar-refractivity contribution in [3.8, 4) is 0 Å². The summed E-state index contributed by atoms with van der Waals surface area (Å²) in [5, 5.41) is 5.89. The van der Waals surface area contributed by atoms with E-state index < -0.39 is 5.41 Å². The van der Waals surface area contributed by atoms with Gasteiger partial charge in [0.2, 0.25) is 11.8 Å². The Morgan fingerprint density at radius 3 is 2.38 bits per heavy atom. The second kappa shape index (κ2) is 7.62. The number of benzene rings is 2. The van der Waals surface area contributed by atoms with Crippen molar-refractivity contribution < 1.29 is 9.59 Å². The minimum Gasteiger partial charge on any atom is -0.326 e. The van der Waals surface area contributed by atoms with E-state index in [1.807, 2.05) is 43.3 Å². The molecule has 2 N–H and O–H groups in total. The van der Waals surface area contributed by atoms with Crippen LogP contribution in [-0.4, -0.2) is 11.8 Å². The minimum atomic E-state index is -0.478. The molecule has 0 saturated heterocycles. The quantitative estimate of drug-likeness (QED) is 0.724. The van der Waals surface area contributed by atoms with Gasteiger partial charge >= 0.3 is 0 Å². The van der Waals surface area contributed by atoms with Gasteiger partial charge in [0.25, 0.3) is 0 Å². The van der Waals surface area contributed by atoms with Gasteiger partial charge in [0, 0.05) is 22.8 Å². The van der Waals surface area contributed by atoms with Gasteiger partial charge in [-0.2, -0.15) is 0 Å². The molecule has 2 amide bonds. The van der Waals surface area contributed by atoms with Crippen molar-refractivity contribution in [1.82, 2.24) is 0 Å². The number of nitrogens with one attached hydrogen (secondary N) is 2. The van der Waals surface area contributed by atoms with Gasteiger partial charge in [-0.3, -0.25) is 9.59 Å². The molecule has 0 radical (unpaired) electrons. The van der Waals surface area contributed by atoms with Crippen LogP contribution in [0.4, 0.5) is 11.4 Å². The van der Waals surface area contributed by atoms with Crippen molar-refractivity contribution >= 4 is 39.1 Å². The fourth-order valence-corrected chi connectivity index (χ4v) is 4.13. The minimum absolute atomic E-state index is 0.0415. The molecule has 5 heteroatoms. The molecule has 4 nitrogen and oxygen atoms in total. The summed E-state index contributed by atoms with van der Waals surface area (Å²) in [6, 6.07) is 13.6. The van der Waals surface area contributed by atoms with Gasteiger partial charge in [-0.15, -0.1) is 0 Å². The van der Waals surface area contributed by atoms with E-state index in [0.29, 0.717) is 0 Å². The van der Waals surface area contributed by atoms with Gasteiger partial charge in [-0.05, 0) is 61.2 Å². The predicted octanol–water partition coefficient (Wildman–Crippen LogP) is 5.17. The van der Waals surface area contributed by atoms with E-state index in [2.05, 4.69) is 32.6 Å². The molecule has 2 aromatic rings. The second-order valence-electron chi connectivity index (χ2n) is 6.96. The van der Waals surface area contributed by atoms with E-state index in [9.17, 15) is 9.59 Å². The highest BCUT2D eigenvalue weighted by atomic mass is 79.9. The second-order valence-corrected chi connectivity index (χ2v) is 7.88. The third kappa shape index (κ3) is 3.83. The molecule has 3 rings (SSSR count). The zero-order valence-electron chi connectivity index (χ0n) is 15.1. The lowest BCUT2D eigenvalue weighted by molar-refractivity contribution is -0.121. The van der Waals surface area contributed by atoms with E-state index in [0.717, 1.165) is 52.7 Å². The number of amides is 2. The maximum absolute atomic E-state index is 13.2. The smallest absolute Gasteiger partial charge is 0.235 e. The largest absolute Gasteiger partial charge is 0.326 e. The predicted molar refractivity (Wildman–Crippen MR) is 108 cm³/mol. The fourth-order valence-electron chi connectivity index (χ4n) is 3.73. The first-order valence-corrected chi connectivity index (χ1v) is 9.66. The zero-order valence-corrected chi connectivity index (χ0v) is 16.7. The summed E-state index contributed by atoms with van der Waals surface area (Å²) in [4.78, 5) is 24.5. The lowest BCUT2D eigenvalue weighted by Gasteiger charge is -2.28. The van der Waals surface area contributed by atoms with Gasteiger partial charge in [0.15, 0.2) is 0 Å². The average Bonchev–Trinajstić information content (AvgIpc) is 3.08. The Hall–Kier alpha value is -2.14. The van der Waals surface area contributed by atoms with Crippen molar-refractivity contribution in [2.45, 2.75) is 44.9 Å². The SMILES string of the molecule is CC(=O)Nc1ccc(NC(=O)C2(c3cccc(Br)c3)CCCC2)cc1C. The summed E-state index contributed by atoms with van der Waals surface area (Å²) in [6.45, 7) is 3.40. The number of carbonyl (C=O) groups excluding carboxylic acids is 2. The summed E-state index contributed by atoms with van der Waals surface area (Å²) in [7, 11) is 0. The van der Waals surface area contributed by atoms with Gasteiger partial charge in [0.05, 0.1) is 5.41 Å². The molecule has 0 bridgehead atoms. The lowest BCUT2D eigenvalue weighted by atomic mass is 9.78. The van der Waals surface area contributed by atoms with Crippen LogP contribution in [0.15, 0.2) is 46.9 Å². The molecule has 0 aromatic heterocycles. The molecule has 0 heterocycles. The molecule has 136 valence electrons. The fraction of sp³-hybridized carbons (Fsp3) is 0.333. The van der Waals surface area contributed by atoms with E-state index in [1.165, 1.54) is 6.92 Å². The molecule has 1 saturated carbocycles. The molecule has 0 unspecified atom stereocenters. The van der Waals surface area contributed by atoms with Gasteiger partial charge in [-0.25, -0.2) is 0 Å². The first kappa shape index (κ1) is 18.6. The molecule has 0 atom stereocenters. The number of hydrogen-bond acceptors (Lipinski definition) is 2. The Kier molecular flexibility index (Phi) is 5.47. The third-order valence-corrected chi connectivity index (χ3v) is 5.56. The molecule has 1 aliphatic rings. The standard InChI is InChI=1S/C21H23BrN2O2/c1-14-12-18(8-9-19(14)23-15(2)25)24-20(26)21(10-3-4-11-21)16-6-5-7-17(22)13-16/h5-9,12-13H,3-4,10-11H2,1-2H3,(H,23,25)(H,24,26). The summed E-state index contributed by atoms with van der Waals surface area (Å²) in [5.41, 5.74) is 3.02. The van der Waals surface area contributed by atoms with E-state index >= 15 is 0 Å². The Morgan fingerprint density at radius 1 is 1.04 bits per heavy atom. The van der Waals surface area contributed by atoms with Crippen LogP contribution in [0.5, 0.6) is 0 Å². The summed E-state index contributed by atoms with van der Waals surface area (Å²) in [5.74, 6) is -0.0655. The third-order valence-electron chi connectivity index (χ3n) is 5.06. The zero-order chi connectivity index (χ0) is 18.7. The van der Waals surface area contributed by atoms with E-state index in [1.54, 1.807) is 0 Å². The van der Waals surface area contributed by atoms with Crippen LogP contribution in [0.2, 0.25) is 0 Å². The van der Waals surface area contributed by atoms with Crippen LogP contribution in [-0.2, 0) is 15.0 Å². The van der Waals surface area contributed by atoms with Crippen molar-refractivity contribution in [1.29, 1.82) is 0 Å². The number of anilines is 2. The van der Waals surface area contributed by atoms with Crippen LogP contribution in [0, 0.1) is 6.92 Å². The van der Waals surface area contributed by atoms with Crippen LogP contribution in [0.1, 0.15) is 43.7 Å². The van der Waals surface area contributed by atoms with Gasteiger partial charge < -0.3 is 10.6 Å². The highest BCUT2D eigenvalue weighted by molar-refractivity contribution is 9.10. The molecule has 26 heavy (non-hydrogen) atoms. The van der Waals surface area contributed by atoms with Gasteiger partial charge in [0.1, 0.15) is 0 Å². The average molecular weight is 415 g/mol. The number of aryl methyl sites for hydroxylation is 1. The van der Waals surface area contributed by atoms with E-state index in [-0.39, 0.29) is 11.8 Å². The molecule has 0 aliphatic heterocycles. The maximum atomic E-state index is 13.2. The van der Waals surface area contributed by atoms with Crippen molar-refractivity contribution in [2.24, 2.45) is 0 Å². The van der Waals surface area contributed by atoms with Crippen LogP contribution in [0.3, 0.4) is 0 Å². The molecule has 2 aromatic carbocycles. The molecule has 0 spiro atoms. The topological polar surface area (TPSA) is 58.2 Å². The number of hydrogen-bond donors (Lipinski definition) is 2. The Morgan fingerprint density at radius 2 is 1.77 bits per heavy atom. The number of carbonyl (C=O) groups is 2. The van der Waals surface area contributed by atoms with Crippen molar-refractivity contribution in [3.63, 3.8) is 0 Å². The molecular formula is C21H23BrN2O2. The van der Waals surface area contributed by atoms with Crippen molar-refractivity contribution in [3.05, 3.63) is 58.1 Å². The summed E-state index contributed by atoms with van der Waals surface area (Å²) >= 11 is 3.52. The van der Waals surface area contributed by atoms with Gasteiger partial charge in [-0.1, -0.05) is 40.9 Å². The lowest BCUT2D eigenvalue weighted by Crippen LogP contribution is -2.38. The van der Waals surface area contributed by atoms with E-state index in [4.69, 9.17) is 0 Å². The van der Waals surface area contributed by atoms with Crippen LogP contribution < -0.4 is 10.6 Å². The highest BCUT2D eigenvalue weighted by Gasteiger charge is 2.42. The molecule has 1 aliphatic carbocycles. The molecular weight excluding hydrogens is 392 g/mol. The first-order valence-electron chi connectivity index (χ1n) is 8.86. The Bertz CT molecular complexity index is 842. The summed E-state index contributed by atoms with van der Waals surface area (Å²) in [6.07, 6.45) is 3.83. The molecule has 1 fully saturated rings. The monoisotopic (exact) mass is 414 g/mol. The summed E-state index contributed by atoms with van der Waals surface area (Å²) < 4.78 is 0.990. The van der Waals surface area contributed by atoms with Crippen LogP contribution >= 0.6 is 15.9 Å². The first-order chi connectivity index (χ1) is 12.4.